The van der Waals surface area contributed by atoms with Gasteiger partial charge in [0.1, 0.15) is 0 Å². The maximum absolute atomic E-state index is 5.67. The van der Waals surface area contributed by atoms with Crippen molar-refractivity contribution in [3.63, 3.8) is 0 Å². The lowest BCUT2D eigenvalue weighted by Gasteiger charge is -2.22. The molecule has 2 unspecified atom stereocenters. The zero-order valence-electron chi connectivity index (χ0n) is 11.5. The molecule has 3 nitrogen and oxygen atoms in total. The molecule has 1 heterocycles. The zero-order chi connectivity index (χ0) is 12.3. The number of rotatable bonds is 9. The molecule has 1 aliphatic heterocycles. The molecule has 1 aliphatic rings. The molecule has 102 valence electrons. The van der Waals surface area contributed by atoms with E-state index in [1.807, 2.05) is 0 Å². The van der Waals surface area contributed by atoms with Crippen molar-refractivity contribution in [1.29, 1.82) is 0 Å². The summed E-state index contributed by atoms with van der Waals surface area (Å²) in [5, 5.41) is 3.43. The minimum Gasteiger partial charge on any atom is -0.379 e. The van der Waals surface area contributed by atoms with Crippen LogP contribution in [0.4, 0.5) is 0 Å². The summed E-state index contributed by atoms with van der Waals surface area (Å²) >= 11 is 0. The highest BCUT2D eigenvalue weighted by atomic mass is 16.5. The maximum Gasteiger partial charge on any atom is 0.0808 e. The largest absolute Gasteiger partial charge is 0.379 e. The predicted octanol–water partition coefficient (Wildman–Crippen LogP) is 2.74. The standard InChI is InChI=1S/C14H29NO2/c1-3-15-13(2)8-4-6-10-16-12-14-9-5-7-11-17-14/h13-15H,3-12H2,1-2H3. The molecule has 1 fully saturated rings. The van der Waals surface area contributed by atoms with Crippen LogP contribution < -0.4 is 5.32 Å². The number of hydrogen-bond donors (Lipinski definition) is 1. The highest BCUT2D eigenvalue weighted by Gasteiger charge is 2.13. The van der Waals surface area contributed by atoms with Gasteiger partial charge in [-0.2, -0.15) is 0 Å². The molecule has 3 heteroatoms. The molecular formula is C14H29NO2. The molecule has 0 aliphatic carbocycles. The van der Waals surface area contributed by atoms with E-state index in [1.165, 1.54) is 38.5 Å². The molecule has 1 N–H and O–H groups in total. The van der Waals surface area contributed by atoms with E-state index in [4.69, 9.17) is 9.47 Å². The summed E-state index contributed by atoms with van der Waals surface area (Å²) < 4.78 is 11.3. The monoisotopic (exact) mass is 243 g/mol. The van der Waals surface area contributed by atoms with E-state index < -0.39 is 0 Å². The zero-order valence-corrected chi connectivity index (χ0v) is 11.5. The van der Waals surface area contributed by atoms with Gasteiger partial charge in [0.2, 0.25) is 0 Å². The molecule has 0 aromatic rings. The van der Waals surface area contributed by atoms with Crippen LogP contribution in [-0.2, 0) is 9.47 Å². The van der Waals surface area contributed by atoms with Gasteiger partial charge in [-0.1, -0.05) is 6.92 Å². The van der Waals surface area contributed by atoms with Gasteiger partial charge in [-0.3, -0.25) is 0 Å². The van der Waals surface area contributed by atoms with Crippen molar-refractivity contribution in [2.75, 3.05) is 26.4 Å². The molecule has 0 aromatic carbocycles. The average Bonchev–Trinajstić information content (AvgIpc) is 2.35. The summed E-state index contributed by atoms with van der Waals surface area (Å²) in [6.45, 7) is 8.08. The van der Waals surface area contributed by atoms with Crippen LogP contribution in [0.25, 0.3) is 0 Å². The van der Waals surface area contributed by atoms with E-state index in [1.54, 1.807) is 0 Å². The third-order valence-corrected chi connectivity index (χ3v) is 3.31. The molecule has 0 amide bonds. The minimum absolute atomic E-state index is 0.365. The molecule has 1 saturated heterocycles. The summed E-state index contributed by atoms with van der Waals surface area (Å²) in [6.07, 6.45) is 7.73. The summed E-state index contributed by atoms with van der Waals surface area (Å²) in [5.41, 5.74) is 0. The number of unbranched alkanes of at least 4 members (excludes halogenated alkanes) is 1. The van der Waals surface area contributed by atoms with Gasteiger partial charge in [0.15, 0.2) is 0 Å². The summed E-state index contributed by atoms with van der Waals surface area (Å²) in [6, 6.07) is 0.640. The van der Waals surface area contributed by atoms with Gasteiger partial charge < -0.3 is 14.8 Å². The smallest absolute Gasteiger partial charge is 0.0808 e. The van der Waals surface area contributed by atoms with Gasteiger partial charge in [-0.25, -0.2) is 0 Å². The first kappa shape index (κ1) is 14.9. The Morgan fingerprint density at radius 3 is 2.94 bits per heavy atom. The van der Waals surface area contributed by atoms with Gasteiger partial charge in [0.05, 0.1) is 12.7 Å². The summed E-state index contributed by atoms with van der Waals surface area (Å²) in [4.78, 5) is 0. The number of ether oxygens (including phenoxy) is 2. The lowest BCUT2D eigenvalue weighted by Crippen LogP contribution is -2.25. The third kappa shape index (κ3) is 7.74. The van der Waals surface area contributed by atoms with E-state index in [-0.39, 0.29) is 0 Å². The van der Waals surface area contributed by atoms with Gasteiger partial charge in [-0.05, 0) is 52.0 Å². The van der Waals surface area contributed by atoms with E-state index in [0.29, 0.717) is 12.1 Å². The Labute approximate surface area is 106 Å². The van der Waals surface area contributed by atoms with Crippen LogP contribution in [0.5, 0.6) is 0 Å². The van der Waals surface area contributed by atoms with Crippen molar-refractivity contribution in [2.24, 2.45) is 0 Å². The first-order valence-electron chi connectivity index (χ1n) is 7.25. The third-order valence-electron chi connectivity index (χ3n) is 3.31. The molecule has 17 heavy (non-hydrogen) atoms. The second-order valence-corrected chi connectivity index (χ2v) is 5.02. The van der Waals surface area contributed by atoms with Crippen molar-refractivity contribution in [1.82, 2.24) is 5.32 Å². The Bertz CT molecular complexity index is 170. The van der Waals surface area contributed by atoms with Gasteiger partial charge in [-0.15, -0.1) is 0 Å². The Hall–Kier alpha value is -0.120. The fourth-order valence-electron chi connectivity index (χ4n) is 2.26. The summed E-state index contributed by atoms with van der Waals surface area (Å²) in [5.74, 6) is 0. The van der Waals surface area contributed by atoms with E-state index in [9.17, 15) is 0 Å². The fourth-order valence-corrected chi connectivity index (χ4v) is 2.26. The van der Waals surface area contributed by atoms with Gasteiger partial charge in [0, 0.05) is 19.3 Å². The van der Waals surface area contributed by atoms with Crippen LogP contribution >= 0.6 is 0 Å². The molecule has 1 rings (SSSR count). The minimum atomic E-state index is 0.365. The number of hydrogen-bond acceptors (Lipinski definition) is 3. The maximum atomic E-state index is 5.67. The van der Waals surface area contributed by atoms with Crippen molar-refractivity contribution in [2.45, 2.75) is 64.5 Å². The lowest BCUT2D eigenvalue weighted by atomic mass is 10.1. The quantitative estimate of drug-likeness (QED) is 0.632. The Kier molecular flexibility index (Phi) is 8.67. The van der Waals surface area contributed by atoms with Crippen LogP contribution in [0.1, 0.15) is 52.4 Å². The van der Waals surface area contributed by atoms with E-state index >= 15 is 0 Å². The van der Waals surface area contributed by atoms with Crippen LogP contribution in [-0.4, -0.2) is 38.5 Å². The molecule has 0 aromatic heterocycles. The molecule has 0 bridgehead atoms. The lowest BCUT2D eigenvalue weighted by molar-refractivity contribution is -0.0411. The van der Waals surface area contributed by atoms with E-state index in [0.717, 1.165) is 26.4 Å². The van der Waals surface area contributed by atoms with Crippen molar-refractivity contribution < 1.29 is 9.47 Å². The molecule has 0 saturated carbocycles. The first-order chi connectivity index (χ1) is 8.33. The van der Waals surface area contributed by atoms with Crippen LogP contribution in [0.3, 0.4) is 0 Å². The van der Waals surface area contributed by atoms with Gasteiger partial charge >= 0.3 is 0 Å². The number of nitrogens with one attached hydrogen (secondary N) is 1. The van der Waals surface area contributed by atoms with Crippen LogP contribution in [0.2, 0.25) is 0 Å². The normalized spacial score (nSPS) is 22.6. The Morgan fingerprint density at radius 2 is 2.24 bits per heavy atom. The fraction of sp³-hybridized carbons (Fsp3) is 1.00. The average molecular weight is 243 g/mol. The molecule has 0 radical (unpaired) electrons. The predicted molar refractivity (Wildman–Crippen MR) is 71.4 cm³/mol. The van der Waals surface area contributed by atoms with Crippen LogP contribution in [0.15, 0.2) is 0 Å². The van der Waals surface area contributed by atoms with Crippen molar-refractivity contribution >= 4 is 0 Å². The molecule has 2 atom stereocenters. The van der Waals surface area contributed by atoms with Crippen LogP contribution in [0, 0.1) is 0 Å². The van der Waals surface area contributed by atoms with E-state index in [2.05, 4.69) is 19.2 Å². The summed E-state index contributed by atoms with van der Waals surface area (Å²) in [7, 11) is 0. The Morgan fingerprint density at radius 1 is 1.35 bits per heavy atom. The molecular weight excluding hydrogens is 214 g/mol. The SMILES string of the molecule is CCNC(C)CCCCOCC1CCCCO1. The topological polar surface area (TPSA) is 30.5 Å². The van der Waals surface area contributed by atoms with Crippen molar-refractivity contribution in [3.8, 4) is 0 Å². The molecule has 0 spiro atoms. The highest BCUT2D eigenvalue weighted by molar-refractivity contribution is 4.62. The van der Waals surface area contributed by atoms with Crippen molar-refractivity contribution in [3.05, 3.63) is 0 Å². The second kappa shape index (κ2) is 9.86. The van der Waals surface area contributed by atoms with Gasteiger partial charge in [0.25, 0.3) is 0 Å². The highest BCUT2D eigenvalue weighted by Crippen LogP contribution is 2.12. The first-order valence-corrected chi connectivity index (χ1v) is 7.25. The Balaban J connectivity index is 1.83. The second-order valence-electron chi connectivity index (χ2n) is 5.02.